The molecule has 0 spiro atoms. The highest BCUT2D eigenvalue weighted by Gasteiger charge is 2.30. The molecule has 0 radical (unpaired) electrons. The predicted molar refractivity (Wildman–Crippen MR) is 88.5 cm³/mol. The van der Waals surface area contributed by atoms with Crippen molar-refractivity contribution in [3.8, 4) is 5.75 Å². The van der Waals surface area contributed by atoms with E-state index >= 15 is 0 Å². The summed E-state index contributed by atoms with van der Waals surface area (Å²) in [4.78, 5) is 0. The lowest BCUT2D eigenvalue weighted by molar-refractivity contribution is 0.0281. The van der Waals surface area contributed by atoms with E-state index in [1.54, 1.807) is 39.8 Å². The number of rotatable bonds is 9. The molecule has 132 valence electrons. The molecular weight excluding hydrogens is 319 g/mol. The monoisotopic (exact) mass is 346 g/mol. The standard InChI is InChI=1S/C16H27O6P/c1-11(2)21-23(18,22-12(3)4)20-10-19-15-7-13(5)16(9-17)14(6)8-15/h7-8,11-12,17H,9-10H2,1-6H3. The largest absolute Gasteiger partial charge is 0.478 e. The number of aliphatic hydroxyl groups excluding tert-OH is 1. The Bertz CT molecular complexity index is 518. The molecule has 1 N–H and O–H groups in total. The number of aliphatic hydroxyl groups is 1. The van der Waals surface area contributed by atoms with Gasteiger partial charge in [-0.05, 0) is 70.4 Å². The lowest BCUT2D eigenvalue weighted by atomic mass is 10.0. The topological polar surface area (TPSA) is 74.2 Å². The van der Waals surface area contributed by atoms with Crippen molar-refractivity contribution >= 4 is 7.82 Å². The van der Waals surface area contributed by atoms with Crippen molar-refractivity contribution in [2.24, 2.45) is 0 Å². The minimum Gasteiger partial charge on any atom is -0.467 e. The first-order valence-electron chi connectivity index (χ1n) is 7.62. The van der Waals surface area contributed by atoms with Crippen LogP contribution in [-0.2, 0) is 24.7 Å². The van der Waals surface area contributed by atoms with Gasteiger partial charge in [0.15, 0.2) is 6.79 Å². The van der Waals surface area contributed by atoms with Crippen molar-refractivity contribution in [3.63, 3.8) is 0 Å². The minimum absolute atomic E-state index is 0.0197. The Hall–Kier alpha value is -0.910. The van der Waals surface area contributed by atoms with Crippen LogP contribution in [-0.4, -0.2) is 24.1 Å². The quantitative estimate of drug-likeness (QED) is 0.536. The highest BCUT2D eigenvalue weighted by Crippen LogP contribution is 2.51. The van der Waals surface area contributed by atoms with Crippen molar-refractivity contribution in [2.75, 3.05) is 6.79 Å². The number of hydrogen-bond donors (Lipinski definition) is 1. The summed E-state index contributed by atoms with van der Waals surface area (Å²) in [5, 5.41) is 9.31. The molecule has 0 aromatic heterocycles. The van der Waals surface area contributed by atoms with E-state index in [1.165, 1.54) is 0 Å². The second-order valence-corrected chi connectivity index (χ2v) is 7.41. The number of phosphoric acid groups is 1. The van der Waals surface area contributed by atoms with Gasteiger partial charge in [0.1, 0.15) is 5.75 Å². The molecule has 0 aliphatic rings. The van der Waals surface area contributed by atoms with Gasteiger partial charge in [-0.1, -0.05) is 0 Å². The lowest BCUT2D eigenvalue weighted by Crippen LogP contribution is -2.12. The molecule has 0 atom stereocenters. The average molecular weight is 346 g/mol. The number of benzene rings is 1. The van der Waals surface area contributed by atoms with Gasteiger partial charge in [-0.2, -0.15) is 0 Å². The Morgan fingerprint density at radius 2 is 1.52 bits per heavy atom. The van der Waals surface area contributed by atoms with E-state index in [0.717, 1.165) is 16.7 Å². The number of hydrogen-bond acceptors (Lipinski definition) is 6. The van der Waals surface area contributed by atoms with Crippen LogP contribution in [0.5, 0.6) is 5.75 Å². The molecular formula is C16H27O6P. The van der Waals surface area contributed by atoms with Gasteiger partial charge < -0.3 is 9.84 Å². The van der Waals surface area contributed by atoms with Gasteiger partial charge in [-0.3, -0.25) is 9.05 Å². The fourth-order valence-corrected chi connectivity index (χ4v) is 3.43. The molecule has 0 bridgehead atoms. The molecule has 0 saturated carbocycles. The lowest BCUT2D eigenvalue weighted by Gasteiger charge is -2.22. The SMILES string of the molecule is Cc1cc(OCOP(=O)(OC(C)C)OC(C)C)cc(C)c1CO. The first-order valence-corrected chi connectivity index (χ1v) is 9.08. The summed E-state index contributed by atoms with van der Waals surface area (Å²) in [7, 11) is -3.67. The third-order valence-corrected chi connectivity index (χ3v) is 4.73. The molecule has 0 aliphatic heterocycles. The van der Waals surface area contributed by atoms with Crippen LogP contribution in [0.4, 0.5) is 0 Å². The highest BCUT2D eigenvalue weighted by molar-refractivity contribution is 7.48. The second-order valence-electron chi connectivity index (χ2n) is 5.84. The van der Waals surface area contributed by atoms with Crippen molar-refractivity contribution in [1.29, 1.82) is 0 Å². The zero-order valence-corrected chi connectivity index (χ0v) is 15.6. The van der Waals surface area contributed by atoms with E-state index in [1.807, 2.05) is 13.8 Å². The van der Waals surface area contributed by atoms with Gasteiger partial charge >= 0.3 is 7.82 Å². The fraction of sp³-hybridized carbons (Fsp3) is 0.625. The van der Waals surface area contributed by atoms with Crippen LogP contribution in [0.1, 0.15) is 44.4 Å². The highest BCUT2D eigenvalue weighted by atomic mass is 31.2. The van der Waals surface area contributed by atoms with Gasteiger partial charge in [0.2, 0.25) is 0 Å². The Morgan fingerprint density at radius 3 is 1.91 bits per heavy atom. The van der Waals surface area contributed by atoms with Gasteiger partial charge in [0.25, 0.3) is 0 Å². The van der Waals surface area contributed by atoms with Crippen molar-refractivity contribution in [3.05, 3.63) is 28.8 Å². The molecule has 1 aromatic carbocycles. The van der Waals surface area contributed by atoms with Gasteiger partial charge in [0.05, 0.1) is 18.8 Å². The molecule has 0 amide bonds. The smallest absolute Gasteiger partial charge is 0.467 e. The van der Waals surface area contributed by atoms with Crippen LogP contribution < -0.4 is 4.74 Å². The maximum atomic E-state index is 12.5. The van der Waals surface area contributed by atoms with Crippen LogP contribution in [0.15, 0.2) is 12.1 Å². The maximum Gasteiger partial charge on any atom is 0.478 e. The zero-order valence-electron chi connectivity index (χ0n) is 14.7. The zero-order chi connectivity index (χ0) is 17.6. The molecule has 6 nitrogen and oxygen atoms in total. The molecule has 0 unspecified atom stereocenters. The van der Waals surface area contributed by atoms with Crippen molar-refractivity contribution in [2.45, 2.75) is 60.4 Å². The van der Waals surface area contributed by atoms with Crippen LogP contribution in [0.25, 0.3) is 0 Å². The molecule has 1 aromatic rings. The van der Waals surface area contributed by atoms with Gasteiger partial charge in [-0.25, -0.2) is 9.09 Å². The summed E-state index contributed by atoms with van der Waals surface area (Å²) < 4.78 is 33.7. The van der Waals surface area contributed by atoms with Crippen LogP contribution >= 0.6 is 7.82 Å². The first kappa shape index (κ1) is 20.1. The third-order valence-electron chi connectivity index (χ3n) is 2.94. The molecule has 0 heterocycles. The predicted octanol–water partition coefficient (Wildman–Crippen LogP) is 4.11. The van der Waals surface area contributed by atoms with Crippen LogP contribution in [0, 0.1) is 13.8 Å². The Balaban J connectivity index is 2.71. The molecule has 0 saturated heterocycles. The van der Waals surface area contributed by atoms with E-state index in [-0.39, 0.29) is 25.6 Å². The summed E-state index contributed by atoms with van der Waals surface area (Å²) >= 11 is 0. The summed E-state index contributed by atoms with van der Waals surface area (Å²) in [6.07, 6.45) is -0.596. The van der Waals surface area contributed by atoms with Gasteiger partial charge in [-0.15, -0.1) is 0 Å². The third kappa shape index (κ3) is 6.61. The van der Waals surface area contributed by atoms with Crippen molar-refractivity contribution < 1.29 is 28.0 Å². The summed E-state index contributed by atoms with van der Waals surface area (Å²) in [6.45, 7) is 10.5. The normalized spacial score (nSPS) is 12.2. The number of ether oxygens (including phenoxy) is 1. The Kier molecular flexibility index (Phi) is 7.71. The van der Waals surface area contributed by atoms with Crippen LogP contribution in [0.3, 0.4) is 0 Å². The van der Waals surface area contributed by atoms with Gasteiger partial charge in [0, 0.05) is 0 Å². The molecule has 0 fully saturated rings. The van der Waals surface area contributed by atoms with E-state index in [0.29, 0.717) is 5.75 Å². The molecule has 23 heavy (non-hydrogen) atoms. The van der Waals surface area contributed by atoms with E-state index in [4.69, 9.17) is 18.3 Å². The fourth-order valence-electron chi connectivity index (χ4n) is 2.05. The molecule has 0 aliphatic carbocycles. The molecule has 1 rings (SSSR count). The maximum absolute atomic E-state index is 12.5. The molecule has 7 heteroatoms. The number of phosphoric ester groups is 1. The Labute approximate surface area is 138 Å². The average Bonchev–Trinajstić information content (AvgIpc) is 2.35. The van der Waals surface area contributed by atoms with E-state index < -0.39 is 7.82 Å². The summed E-state index contributed by atoms with van der Waals surface area (Å²) in [5.41, 5.74) is 2.71. The van der Waals surface area contributed by atoms with E-state index in [2.05, 4.69) is 0 Å². The summed E-state index contributed by atoms with van der Waals surface area (Å²) in [6, 6.07) is 3.58. The Morgan fingerprint density at radius 1 is 1.04 bits per heavy atom. The van der Waals surface area contributed by atoms with Crippen LogP contribution in [0.2, 0.25) is 0 Å². The van der Waals surface area contributed by atoms with Crippen molar-refractivity contribution in [1.82, 2.24) is 0 Å². The summed E-state index contributed by atoms with van der Waals surface area (Å²) in [5.74, 6) is 0.567. The first-order chi connectivity index (χ1) is 10.7. The van der Waals surface area contributed by atoms with E-state index in [9.17, 15) is 9.67 Å². The number of aryl methyl sites for hydroxylation is 2. The second kappa shape index (κ2) is 8.81. The minimum atomic E-state index is -3.67.